The van der Waals surface area contributed by atoms with E-state index in [0.29, 0.717) is 17.9 Å². The third-order valence-electron chi connectivity index (χ3n) is 6.02. The van der Waals surface area contributed by atoms with Crippen LogP contribution in [0, 0.1) is 19.8 Å². The van der Waals surface area contributed by atoms with Crippen LogP contribution in [0.1, 0.15) is 35.5 Å². The normalized spacial score (nSPS) is 11.0. The van der Waals surface area contributed by atoms with Gasteiger partial charge in [-0.3, -0.25) is 9.59 Å². The number of para-hydroxylation sites is 1. The molecule has 6 nitrogen and oxygen atoms in total. The zero-order valence-electron chi connectivity index (χ0n) is 21.5. The summed E-state index contributed by atoms with van der Waals surface area (Å²) in [6.07, 6.45) is 0. The maximum atomic E-state index is 13.5. The van der Waals surface area contributed by atoms with E-state index >= 15 is 0 Å². The minimum atomic E-state index is -0.280. The largest absolute Gasteiger partial charge is 0.329 e. The fraction of sp³-hybridized carbons (Fsp3) is 0.233. The number of nitrogens with zero attached hydrogens (tertiary/aromatic N) is 3. The van der Waals surface area contributed by atoms with E-state index < -0.39 is 0 Å². The number of anilines is 1. The van der Waals surface area contributed by atoms with Crippen molar-refractivity contribution in [3.8, 4) is 16.8 Å². The number of carbonyl (C=O) groups excluding carboxylic acids is 2. The molecule has 3 aromatic carbocycles. The Labute approximate surface area is 226 Å². The first-order chi connectivity index (χ1) is 17.7. The van der Waals surface area contributed by atoms with E-state index in [4.69, 9.17) is 5.10 Å². The Bertz CT molecular complexity index is 1400. The molecule has 0 atom stereocenters. The average Bonchev–Trinajstić information content (AvgIpc) is 3.19. The van der Waals surface area contributed by atoms with E-state index in [1.165, 1.54) is 0 Å². The zero-order valence-corrected chi connectivity index (χ0v) is 23.1. The van der Waals surface area contributed by atoms with Crippen molar-refractivity contribution >= 4 is 33.6 Å². The van der Waals surface area contributed by atoms with Gasteiger partial charge in [0.05, 0.1) is 11.4 Å². The Kier molecular flexibility index (Phi) is 8.24. The second-order valence-electron chi connectivity index (χ2n) is 9.51. The van der Waals surface area contributed by atoms with E-state index in [1.807, 2.05) is 94.4 Å². The number of benzene rings is 3. The van der Waals surface area contributed by atoms with Gasteiger partial charge in [0.2, 0.25) is 5.91 Å². The van der Waals surface area contributed by atoms with Gasteiger partial charge in [0, 0.05) is 22.1 Å². The monoisotopic (exact) mass is 558 g/mol. The van der Waals surface area contributed by atoms with Gasteiger partial charge in [-0.05, 0) is 61.2 Å². The molecule has 190 valence electrons. The van der Waals surface area contributed by atoms with Gasteiger partial charge in [-0.15, -0.1) is 0 Å². The van der Waals surface area contributed by atoms with Crippen LogP contribution in [0.3, 0.4) is 0 Å². The average molecular weight is 560 g/mol. The maximum absolute atomic E-state index is 13.5. The van der Waals surface area contributed by atoms with Gasteiger partial charge >= 0.3 is 0 Å². The Morgan fingerprint density at radius 1 is 0.946 bits per heavy atom. The number of rotatable bonds is 8. The van der Waals surface area contributed by atoms with Crippen LogP contribution in [0.25, 0.3) is 16.8 Å². The first kappa shape index (κ1) is 26.4. The molecule has 4 rings (SSSR count). The number of hydrogen-bond donors (Lipinski definition) is 1. The molecule has 0 aliphatic carbocycles. The van der Waals surface area contributed by atoms with E-state index in [2.05, 4.69) is 21.2 Å². The number of aromatic nitrogens is 2. The summed E-state index contributed by atoms with van der Waals surface area (Å²) in [7, 11) is 0. The second kappa shape index (κ2) is 11.6. The van der Waals surface area contributed by atoms with Crippen molar-refractivity contribution in [1.82, 2.24) is 14.7 Å². The standard InChI is InChI=1S/C30H31BrN4O2/c1-20(2)18-34(30(37)24-14-16-25(31)17-15-24)19-27(36)32-29-28(23-11-6-5-7-12-23)22(4)33-35(29)26-13-9-8-10-21(26)3/h5-17,20H,18-19H2,1-4H3,(H,32,36). The van der Waals surface area contributed by atoms with Crippen molar-refractivity contribution in [3.05, 3.63) is 100 Å². The minimum Gasteiger partial charge on any atom is -0.329 e. The molecule has 2 amide bonds. The summed E-state index contributed by atoms with van der Waals surface area (Å²) in [5, 5.41) is 7.91. The second-order valence-corrected chi connectivity index (χ2v) is 10.4. The van der Waals surface area contributed by atoms with Crippen molar-refractivity contribution in [1.29, 1.82) is 0 Å². The Balaban J connectivity index is 1.69. The van der Waals surface area contributed by atoms with Crippen LogP contribution in [0.15, 0.2) is 83.3 Å². The van der Waals surface area contributed by atoms with E-state index in [1.54, 1.807) is 21.7 Å². The molecule has 1 N–H and O–H groups in total. The van der Waals surface area contributed by atoms with E-state index in [-0.39, 0.29) is 24.3 Å². The molecule has 4 aromatic rings. The lowest BCUT2D eigenvalue weighted by Crippen LogP contribution is -2.40. The Morgan fingerprint density at radius 2 is 1.59 bits per heavy atom. The van der Waals surface area contributed by atoms with Crippen molar-refractivity contribution in [3.63, 3.8) is 0 Å². The molecule has 0 aliphatic heterocycles. The van der Waals surface area contributed by atoms with Crippen LogP contribution in [0.2, 0.25) is 0 Å². The summed E-state index contributed by atoms with van der Waals surface area (Å²) in [5.74, 6) is 0.330. The van der Waals surface area contributed by atoms with Gasteiger partial charge in [-0.25, -0.2) is 4.68 Å². The van der Waals surface area contributed by atoms with Crippen molar-refractivity contribution < 1.29 is 9.59 Å². The van der Waals surface area contributed by atoms with Gasteiger partial charge < -0.3 is 10.2 Å². The summed E-state index contributed by atoms with van der Waals surface area (Å²) in [5.41, 5.74) is 5.07. The van der Waals surface area contributed by atoms with Crippen LogP contribution in [0.5, 0.6) is 0 Å². The number of nitrogens with one attached hydrogen (secondary N) is 1. The van der Waals surface area contributed by atoms with Crippen LogP contribution < -0.4 is 5.32 Å². The van der Waals surface area contributed by atoms with Gasteiger partial charge in [-0.1, -0.05) is 78.3 Å². The number of carbonyl (C=O) groups is 2. The SMILES string of the molecule is Cc1ccccc1-n1nc(C)c(-c2ccccc2)c1NC(=O)CN(CC(C)C)C(=O)c1ccc(Br)cc1. The fourth-order valence-corrected chi connectivity index (χ4v) is 4.61. The van der Waals surface area contributed by atoms with Crippen LogP contribution in [-0.4, -0.2) is 39.6 Å². The van der Waals surface area contributed by atoms with Crippen molar-refractivity contribution in [2.45, 2.75) is 27.7 Å². The van der Waals surface area contributed by atoms with Gasteiger partial charge in [0.15, 0.2) is 0 Å². The molecule has 0 saturated heterocycles. The van der Waals surface area contributed by atoms with Crippen LogP contribution in [0.4, 0.5) is 5.82 Å². The highest BCUT2D eigenvalue weighted by Crippen LogP contribution is 2.34. The lowest BCUT2D eigenvalue weighted by atomic mass is 10.1. The molecular weight excluding hydrogens is 528 g/mol. The number of amides is 2. The smallest absolute Gasteiger partial charge is 0.254 e. The summed E-state index contributed by atoms with van der Waals surface area (Å²) in [6.45, 7) is 8.41. The number of hydrogen-bond acceptors (Lipinski definition) is 3. The van der Waals surface area contributed by atoms with Crippen LogP contribution in [-0.2, 0) is 4.79 Å². The molecule has 0 spiro atoms. The highest BCUT2D eigenvalue weighted by atomic mass is 79.9. The van der Waals surface area contributed by atoms with Gasteiger partial charge in [0.1, 0.15) is 12.4 Å². The maximum Gasteiger partial charge on any atom is 0.254 e. The predicted octanol–water partition coefficient (Wildman–Crippen LogP) is 6.66. The van der Waals surface area contributed by atoms with Crippen molar-refractivity contribution in [2.24, 2.45) is 5.92 Å². The quantitative estimate of drug-likeness (QED) is 0.263. The summed E-state index contributed by atoms with van der Waals surface area (Å²) in [6, 6.07) is 25.0. The lowest BCUT2D eigenvalue weighted by Gasteiger charge is -2.24. The molecule has 0 saturated carbocycles. The molecule has 0 radical (unpaired) electrons. The zero-order chi connectivity index (χ0) is 26.5. The molecule has 0 fully saturated rings. The topological polar surface area (TPSA) is 67.2 Å². The molecule has 0 aliphatic rings. The van der Waals surface area contributed by atoms with Gasteiger partial charge in [0.25, 0.3) is 5.91 Å². The highest BCUT2D eigenvalue weighted by molar-refractivity contribution is 9.10. The van der Waals surface area contributed by atoms with E-state index in [0.717, 1.165) is 32.5 Å². The minimum absolute atomic E-state index is 0.0701. The first-order valence-corrected chi connectivity index (χ1v) is 13.1. The molecule has 1 heterocycles. The predicted molar refractivity (Wildman–Crippen MR) is 152 cm³/mol. The molecule has 37 heavy (non-hydrogen) atoms. The molecule has 0 bridgehead atoms. The van der Waals surface area contributed by atoms with Crippen molar-refractivity contribution in [2.75, 3.05) is 18.4 Å². The summed E-state index contributed by atoms with van der Waals surface area (Å²) >= 11 is 3.41. The van der Waals surface area contributed by atoms with E-state index in [9.17, 15) is 9.59 Å². The molecule has 0 unspecified atom stereocenters. The highest BCUT2D eigenvalue weighted by Gasteiger charge is 2.24. The third-order valence-corrected chi connectivity index (χ3v) is 6.55. The third kappa shape index (κ3) is 6.17. The summed E-state index contributed by atoms with van der Waals surface area (Å²) in [4.78, 5) is 28.4. The Morgan fingerprint density at radius 3 is 2.24 bits per heavy atom. The molecular formula is C30H31BrN4O2. The molecule has 1 aromatic heterocycles. The van der Waals surface area contributed by atoms with Crippen LogP contribution >= 0.6 is 15.9 Å². The summed E-state index contributed by atoms with van der Waals surface area (Å²) < 4.78 is 2.68. The number of aryl methyl sites for hydroxylation is 2. The Hall–Kier alpha value is -3.71. The number of halogens is 1. The fourth-order valence-electron chi connectivity index (χ4n) is 4.35. The first-order valence-electron chi connectivity index (χ1n) is 12.3. The van der Waals surface area contributed by atoms with Gasteiger partial charge in [-0.2, -0.15) is 5.10 Å². The lowest BCUT2D eigenvalue weighted by molar-refractivity contribution is -0.117. The molecule has 7 heteroatoms.